The number of nitrogens with one attached hydrogen (secondary N) is 3. The first-order valence-electron chi connectivity index (χ1n) is 10.3. The van der Waals surface area contributed by atoms with E-state index in [0.717, 1.165) is 57.3 Å². The Labute approximate surface area is 162 Å². The minimum absolute atomic E-state index is 0.0449. The summed E-state index contributed by atoms with van der Waals surface area (Å²) < 4.78 is 0. The highest BCUT2D eigenvalue weighted by Gasteiger charge is 2.41. The molecule has 0 spiro atoms. The summed E-state index contributed by atoms with van der Waals surface area (Å²) >= 11 is 0. The fourth-order valence-electron chi connectivity index (χ4n) is 4.27. The van der Waals surface area contributed by atoms with Crippen LogP contribution >= 0.6 is 0 Å². The summed E-state index contributed by atoms with van der Waals surface area (Å²) in [5.41, 5.74) is 2.76. The molecule has 27 heavy (non-hydrogen) atoms. The Morgan fingerprint density at radius 2 is 1.96 bits per heavy atom. The topological polar surface area (TPSA) is 70.2 Å². The molecule has 5 nitrogen and oxygen atoms in total. The summed E-state index contributed by atoms with van der Waals surface area (Å²) in [6, 6.07) is 6.01. The van der Waals surface area contributed by atoms with Crippen molar-refractivity contribution in [3.63, 3.8) is 0 Å². The molecule has 0 aromatic heterocycles. The molecule has 1 saturated carbocycles. The normalized spacial score (nSPS) is 21.2. The van der Waals surface area contributed by atoms with Crippen molar-refractivity contribution in [2.24, 2.45) is 11.3 Å². The minimum Gasteiger partial charge on any atom is -0.355 e. The van der Waals surface area contributed by atoms with Gasteiger partial charge in [-0.1, -0.05) is 18.9 Å². The van der Waals surface area contributed by atoms with E-state index in [-0.39, 0.29) is 11.8 Å². The van der Waals surface area contributed by atoms with E-state index in [4.69, 9.17) is 0 Å². The smallest absolute Gasteiger partial charge is 0.232 e. The first-order chi connectivity index (χ1) is 13.0. The number of anilines is 1. The van der Waals surface area contributed by atoms with Gasteiger partial charge < -0.3 is 16.0 Å². The van der Waals surface area contributed by atoms with Crippen LogP contribution in [0, 0.1) is 25.2 Å². The van der Waals surface area contributed by atoms with Gasteiger partial charge in [0.05, 0.1) is 5.41 Å². The highest BCUT2D eigenvalue weighted by molar-refractivity contribution is 5.96. The molecule has 1 aromatic carbocycles. The molecule has 148 valence electrons. The molecular weight excluding hydrogens is 338 g/mol. The highest BCUT2D eigenvalue weighted by atomic mass is 16.2. The third kappa shape index (κ3) is 5.10. The monoisotopic (exact) mass is 371 g/mol. The van der Waals surface area contributed by atoms with E-state index in [2.05, 4.69) is 29.8 Å². The Balaban J connectivity index is 1.54. The molecule has 2 amide bonds. The van der Waals surface area contributed by atoms with Crippen LogP contribution in [0.15, 0.2) is 18.2 Å². The quantitative estimate of drug-likeness (QED) is 0.689. The van der Waals surface area contributed by atoms with Gasteiger partial charge in [0.15, 0.2) is 0 Å². The van der Waals surface area contributed by atoms with Crippen LogP contribution in [0.5, 0.6) is 0 Å². The van der Waals surface area contributed by atoms with E-state index in [1.54, 1.807) is 0 Å². The maximum absolute atomic E-state index is 13.0. The molecule has 1 saturated heterocycles. The molecule has 1 heterocycles. The number of aryl methyl sites for hydroxylation is 2. The molecule has 1 atom stereocenters. The molecule has 0 bridgehead atoms. The van der Waals surface area contributed by atoms with E-state index in [9.17, 15) is 9.59 Å². The SMILES string of the molecule is Cc1ccc(NC(=O)C2(CNC(=O)CCC3CCNC3)CCCC2)cc1C. The van der Waals surface area contributed by atoms with Crippen LogP contribution in [-0.4, -0.2) is 31.4 Å². The average molecular weight is 372 g/mol. The van der Waals surface area contributed by atoms with Crippen LogP contribution in [0.4, 0.5) is 5.69 Å². The van der Waals surface area contributed by atoms with Gasteiger partial charge in [-0.15, -0.1) is 0 Å². The summed E-state index contributed by atoms with van der Waals surface area (Å²) in [7, 11) is 0. The molecule has 1 aliphatic heterocycles. The van der Waals surface area contributed by atoms with Crippen molar-refractivity contribution >= 4 is 17.5 Å². The van der Waals surface area contributed by atoms with E-state index in [1.165, 1.54) is 11.1 Å². The van der Waals surface area contributed by atoms with Crippen molar-refractivity contribution < 1.29 is 9.59 Å². The highest BCUT2D eigenvalue weighted by Crippen LogP contribution is 2.38. The van der Waals surface area contributed by atoms with Crippen LogP contribution in [0.3, 0.4) is 0 Å². The molecule has 0 radical (unpaired) electrons. The van der Waals surface area contributed by atoms with Crippen molar-refractivity contribution in [3.05, 3.63) is 29.3 Å². The fraction of sp³-hybridized carbons (Fsp3) is 0.636. The number of benzene rings is 1. The zero-order chi connectivity index (χ0) is 19.3. The van der Waals surface area contributed by atoms with Crippen molar-refractivity contribution in [3.8, 4) is 0 Å². The lowest BCUT2D eigenvalue weighted by Crippen LogP contribution is -2.44. The third-order valence-electron chi connectivity index (χ3n) is 6.37. The molecule has 3 N–H and O–H groups in total. The summed E-state index contributed by atoms with van der Waals surface area (Å²) in [4.78, 5) is 25.3. The second kappa shape index (κ2) is 8.87. The van der Waals surface area contributed by atoms with Crippen LogP contribution in [-0.2, 0) is 9.59 Å². The van der Waals surface area contributed by atoms with Gasteiger partial charge in [-0.2, -0.15) is 0 Å². The largest absolute Gasteiger partial charge is 0.355 e. The standard InChI is InChI=1S/C22H33N3O2/c1-16-5-7-19(13-17(16)2)25-21(27)22(10-3-4-11-22)15-24-20(26)8-6-18-9-12-23-14-18/h5,7,13,18,23H,3-4,6,8-12,14-15H2,1-2H3,(H,24,26)(H,25,27). The predicted octanol–water partition coefficient (Wildman–Crippen LogP) is 3.31. The lowest BCUT2D eigenvalue weighted by molar-refractivity contribution is -0.126. The molecule has 1 aromatic rings. The van der Waals surface area contributed by atoms with Crippen molar-refractivity contribution in [1.82, 2.24) is 10.6 Å². The Morgan fingerprint density at radius 3 is 2.63 bits per heavy atom. The summed E-state index contributed by atoms with van der Waals surface area (Å²) in [6.45, 7) is 6.65. The van der Waals surface area contributed by atoms with E-state index < -0.39 is 5.41 Å². The maximum Gasteiger partial charge on any atom is 0.232 e. The zero-order valence-electron chi connectivity index (χ0n) is 16.7. The van der Waals surface area contributed by atoms with Gasteiger partial charge >= 0.3 is 0 Å². The third-order valence-corrected chi connectivity index (χ3v) is 6.37. The van der Waals surface area contributed by atoms with Gasteiger partial charge in [-0.3, -0.25) is 9.59 Å². The second-order valence-corrected chi connectivity index (χ2v) is 8.41. The molecule has 1 aliphatic carbocycles. The molecule has 5 heteroatoms. The first kappa shape index (κ1) is 19.9. The summed E-state index contributed by atoms with van der Waals surface area (Å²) in [5, 5.41) is 9.49. The van der Waals surface area contributed by atoms with Gasteiger partial charge in [0.25, 0.3) is 0 Å². The Kier molecular flexibility index (Phi) is 6.53. The average Bonchev–Trinajstić information content (AvgIpc) is 3.33. The zero-order valence-corrected chi connectivity index (χ0v) is 16.7. The first-order valence-corrected chi connectivity index (χ1v) is 10.3. The van der Waals surface area contributed by atoms with E-state index in [0.29, 0.717) is 18.9 Å². The van der Waals surface area contributed by atoms with Crippen LogP contribution in [0.2, 0.25) is 0 Å². The molecule has 3 rings (SSSR count). The molecule has 2 fully saturated rings. The van der Waals surface area contributed by atoms with Crippen LogP contribution in [0.1, 0.15) is 56.1 Å². The molecule has 1 unspecified atom stereocenters. The van der Waals surface area contributed by atoms with Crippen molar-refractivity contribution in [2.45, 2.75) is 58.8 Å². The maximum atomic E-state index is 13.0. The number of rotatable bonds is 7. The van der Waals surface area contributed by atoms with Crippen molar-refractivity contribution in [2.75, 3.05) is 25.0 Å². The number of hydrogen-bond acceptors (Lipinski definition) is 3. The van der Waals surface area contributed by atoms with Gasteiger partial charge in [0.1, 0.15) is 0 Å². The van der Waals surface area contributed by atoms with E-state index >= 15 is 0 Å². The van der Waals surface area contributed by atoms with Crippen molar-refractivity contribution in [1.29, 1.82) is 0 Å². The number of hydrogen-bond donors (Lipinski definition) is 3. The van der Waals surface area contributed by atoms with Crippen LogP contribution < -0.4 is 16.0 Å². The van der Waals surface area contributed by atoms with Gasteiger partial charge in [0.2, 0.25) is 11.8 Å². The van der Waals surface area contributed by atoms with Gasteiger partial charge in [-0.05, 0) is 81.8 Å². The minimum atomic E-state index is -0.469. The number of carbonyl (C=O) groups is 2. The lowest BCUT2D eigenvalue weighted by Gasteiger charge is -2.28. The van der Waals surface area contributed by atoms with E-state index in [1.807, 2.05) is 18.2 Å². The number of carbonyl (C=O) groups excluding carboxylic acids is 2. The lowest BCUT2D eigenvalue weighted by atomic mass is 9.84. The molecular formula is C22H33N3O2. The fourth-order valence-corrected chi connectivity index (χ4v) is 4.27. The molecule has 2 aliphatic rings. The Morgan fingerprint density at radius 1 is 1.19 bits per heavy atom. The van der Waals surface area contributed by atoms with Gasteiger partial charge in [0, 0.05) is 18.7 Å². The summed E-state index contributed by atoms with van der Waals surface area (Å²) in [5.74, 6) is 0.736. The second-order valence-electron chi connectivity index (χ2n) is 8.41. The number of amides is 2. The van der Waals surface area contributed by atoms with Crippen LogP contribution in [0.25, 0.3) is 0 Å². The Bertz CT molecular complexity index is 674. The van der Waals surface area contributed by atoms with Gasteiger partial charge in [-0.25, -0.2) is 0 Å². The summed E-state index contributed by atoms with van der Waals surface area (Å²) in [6.07, 6.45) is 6.43. The Hall–Kier alpha value is -1.88. The predicted molar refractivity (Wildman–Crippen MR) is 109 cm³/mol.